The number of nitrogens with one attached hydrogen (secondary N) is 1. The van der Waals surface area contributed by atoms with Gasteiger partial charge in [0.05, 0.1) is 5.02 Å². The number of nitrogens with zero attached hydrogens (tertiary/aromatic N) is 1. The first-order valence-corrected chi connectivity index (χ1v) is 8.80. The summed E-state index contributed by atoms with van der Waals surface area (Å²) in [5.74, 6) is -0.575. The van der Waals surface area contributed by atoms with Crippen LogP contribution in [-0.2, 0) is 10.0 Å². The van der Waals surface area contributed by atoms with Crippen molar-refractivity contribution in [3.05, 3.63) is 27.4 Å². The van der Waals surface area contributed by atoms with Gasteiger partial charge in [0.15, 0.2) is 0 Å². The summed E-state index contributed by atoms with van der Waals surface area (Å²) in [6.45, 7) is 1.03. The van der Waals surface area contributed by atoms with Crippen molar-refractivity contribution in [2.75, 3.05) is 20.1 Å². The third-order valence-electron chi connectivity index (χ3n) is 3.29. The summed E-state index contributed by atoms with van der Waals surface area (Å²) in [5, 5.41) is 2.89. The maximum atomic E-state index is 13.2. The third-order valence-corrected chi connectivity index (χ3v) is 6.64. The lowest BCUT2D eigenvalue weighted by Crippen LogP contribution is -2.41. The summed E-state index contributed by atoms with van der Waals surface area (Å²) in [7, 11) is -1.96. The van der Waals surface area contributed by atoms with E-state index in [-0.39, 0.29) is 20.4 Å². The van der Waals surface area contributed by atoms with E-state index in [4.69, 9.17) is 11.6 Å². The monoisotopic (exact) mass is 384 g/mol. The highest BCUT2D eigenvalue weighted by Crippen LogP contribution is 2.35. The highest BCUT2D eigenvalue weighted by atomic mass is 79.9. The van der Waals surface area contributed by atoms with Gasteiger partial charge in [0.2, 0.25) is 10.0 Å². The van der Waals surface area contributed by atoms with Crippen LogP contribution in [0.25, 0.3) is 0 Å². The van der Waals surface area contributed by atoms with E-state index in [1.165, 1.54) is 4.31 Å². The Morgan fingerprint density at radius 3 is 2.85 bits per heavy atom. The highest BCUT2D eigenvalue weighted by Gasteiger charge is 2.37. The van der Waals surface area contributed by atoms with E-state index in [9.17, 15) is 12.8 Å². The molecule has 1 saturated heterocycles. The quantitative estimate of drug-likeness (QED) is 0.867. The lowest BCUT2D eigenvalue weighted by atomic mass is 10.2. The van der Waals surface area contributed by atoms with E-state index in [0.717, 1.165) is 25.0 Å². The van der Waals surface area contributed by atoms with Crippen molar-refractivity contribution in [1.82, 2.24) is 9.62 Å². The molecule has 1 aromatic rings. The SMILES string of the molecule is CNCC1CCCN1S(=O)(=O)c1c(Cl)cc(F)cc1Br. The molecule has 8 heteroatoms. The Hall–Kier alpha value is -0.210. The Labute approximate surface area is 131 Å². The fourth-order valence-corrected chi connectivity index (χ4v) is 5.90. The molecule has 0 radical (unpaired) electrons. The van der Waals surface area contributed by atoms with Crippen molar-refractivity contribution >= 4 is 37.6 Å². The first-order valence-electron chi connectivity index (χ1n) is 6.19. The highest BCUT2D eigenvalue weighted by molar-refractivity contribution is 9.10. The molecule has 0 spiro atoms. The van der Waals surface area contributed by atoms with E-state index >= 15 is 0 Å². The zero-order valence-electron chi connectivity index (χ0n) is 10.9. The van der Waals surface area contributed by atoms with Gasteiger partial charge >= 0.3 is 0 Å². The van der Waals surface area contributed by atoms with E-state index < -0.39 is 15.8 Å². The molecule has 2 rings (SSSR count). The summed E-state index contributed by atoms with van der Waals surface area (Å²) in [5.41, 5.74) is 0. The topological polar surface area (TPSA) is 49.4 Å². The van der Waals surface area contributed by atoms with Crippen LogP contribution >= 0.6 is 27.5 Å². The van der Waals surface area contributed by atoms with E-state index in [1.54, 1.807) is 7.05 Å². The zero-order chi connectivity index (χ0) is 14.9. The zero-order valence-corrected chi connectivity index (χ0v) is 14.0. The number of sulfonamides is 1. The van der Waals surface area contributed by atoms with Crippen LogP contribution in [0.1, 0.15) is 12.8 Å². The van der Waals surface area contributed by atoms with Gasteiger partial charge in [0, 0.05) is 23.6 Å². The van der Waals surface area contributed by atoms with Crippen LogP contribution in [0.5, 0.6) is 0 Å². The number of hydrogen-bond donors (Lipinski definition) is 1. The van der Waals surface area contributed by atoms with Gasteiger partial charge < -0.3 is 5.32 Å². The average molecular weight is 386 g/mol. The first kappa shape index (κ1) is 16.2. The predicted octanol–water partition coefficient (Wildman–Crippen LogP) is 2.61. The van der Waals surface area contributed by atoms with E-state index in [0.29, 0.717) is 13.1 Å². The lowest BCUT2D eigenvalue weighted by Gasteiger charge is -2.24. The van der Waals surface area contributed by atoms with Gasteiger partial charge in [-0.05, 0) is 48.0 Å². The van der Waals surface area contributed by atoms with Crippen LogP contribution in [0.15, 0.2) is 21.5 Å². The standard InChI is InChI=1S/C12H15BrClFN2O2S/c1-16-7-9-3-2-4-17(9)20(18,19)12-10(13)5-8(15)6-11(12)14/h5-6,9,16H,2-4,7H2,1H3. The average Bonchev–Trinajstić information content (AvgIpc) is 2.76. The van der Waals surface area contributed by atoms with Crippen LogP contribution < -0.4 is 5.32 Å². The molecule has 0 bridgehead atoms. The third kappa shape index (κ3) is 3.01. The Morgan fingerprint density at radius 2 is 2.25 bits per heavy atom. The number of rotatable bonds is 4. The van der Waals surface area contributed by atoms with Crippen LogP contribution in [0.4, 0.5) is 4.39 Å². The van der Waals surface area contributed by atoms with Gasteiger partial charge in [0.1, 0.15) is 10.7 Å². The first-order chi connectivity index (χ1) is 9.37. The van der Waals surface area contributed by atoms with Crippen LogP contribution in [0.2, 0.25) is 5.02 Å². The molecule has 0 aromatic heterocycles. The minimum atomic E-state index is -3.74. The maximum absolute atomic E-state index is 13.2. The van der Waals surface area contributed by atoms with Crippen molar-refractivity contribution in [2.24, 2.45) is 0 Å². The van der Waals surface area contributed by atoms with Crippen molar-refractivity contribution < 1.29 is 12.8 Å². The van der Waals surface area contributed by atoms with E-state index in [2.05, 4.69) is 21.2 Å². The van der Waals surface area contributed by atoms with Crippen LogP contribution in [0.3, 0.4) is 0 Å². The largest absolute Gasteiger partial charge is 0.318 e. The second-order valence-corrected chi connectivity index (χ2v) is 7.76. The molecule has 4 nitrogen and oxygen atoms in total. The van der Waals surface area contributed by atoms with Crippen molar-refractivity contribution in [1.29, 1.82) is 0 Å². The maximum Gasteiger partial charge on any atom is 0.245 e. The molecule has 20 heavy (non-hydrogen) atoms. The van der Waals surface area contributed by atoms with Crippen molar-refractivity contribution in [3.63, 3.8) is 0 Å². The Balaban J connectivity index is 2.45. The Morgan fingerprint density at radius 1 is 1.55 bits per heavy atom. The number of halogens is 3. The van der Waals surface area contributed by atoms with Gasteiger partial charge in [0.25, 0.3) is 0 Å². The molecular formula is C12H15BrClFN2O2S. The number of likely N-dealkylation sites (N-methyl/N-ethyl adjacent to an activating group) is 1. The fourth-order valence-electron chi connectivity index (χ4n) is 2.46. The molecule has 112 valence electrons. The second-order valence-electron chi connectivity index (χ2n) is 4.67. The smallest absolute Gasteiger partial charge is 0.245 e. The molecule has 1 heterocycles. The molecule has 1 aromatic carbocycles. The van der Waals surface area contributed by atoms with Gasteiger partial charge in [-0.3, -0.25) is 0 Å². The van der Waals surface area contributed by atoms with Gasteiger partial charge in [-0.15, -0.1) is 0 Å². The fraction of sp³-hybridized carbons (Fsp3) is 0.500. The van der Waals surface area contributed by atoms with Gasteiger partial charge in [-0.2, -0.15) is 4.31 Å². The molecule has 1 unspecified atom stereocenters. The molecule has 1 aliphatic heterocycles. The predicted molar refractivity (Wildman–Crippen MR) is 80.0 cm³/mol. The molecule has 1 N–H and O–H groups in total. The molecule has 0 saturated carbocycles. The molecule has 0 amide bonds. The Kier molecular flexibility index (Phi) is 5.07. The summed E-state index contributed by atoms with van der Waals surface area (Å²) in [4.78, 5) is -0.0661. The van der Waals surface area contributed by atoms with Crippen molar-refractivity contribution in [3.8, 4) is 0 Å². The van der Waals surface area contributed by atoms with Crippen LogP contribution in [-0.4, -0.2) is 38.9 Å². The summed E-state index contributed by atoms with van der Waals surface area (Å²) in [6.07, 6.45) is 1.61. The summed E-state index contributed by atoms with van der Waals surface area (Å²) >= 11 is 9.02. The minimum absolute atomic E-state index is 0.0661. The summed E-state index contributed by atoms with van der Waals surface area (Å²) in [6, 6.07) is 2.03. The number of benzene rings is 1. The molecule has 1 fully saturated rings. The van der Waals surface area contributed by atoms with Gasteiger partial charge in [-0.25, -0.2) is 12.8 Å². The van der Waals surface area contributed by atoms with Gasteiger partial charge in [-0.1, -0.05) is 11.6 Å². The normalized spacial score (nSPS) is 20.5. The molecule has 0 aliphatic carbocycles. The molecule has 1 atom stereocenters. The number of hydrogen-bond acceptors (Lipinski definition) is 3. The Bertz CT molecular complexity index is 588. The summed E-state index contributed by atoms with van der Waals surface area (Å²) < 4.78 is 40.3. The van der Waals surface area contributed by atoms with Crippen LogP contribution in [0, 0.1) is 5.82 Å². The lowest BCUT2D eigenvalue weighted by molar-refractivity contribution is 0.379. The molecule has 1 aliphatic rings. The molecular weight excluding hydrogens is 371 g/mol. The van der Waals surface area contributed by atoms with E-state index in [1.807, 2.05) is 0 Å². The minimum Gasteiger partial charge on any atom is -0.318 e. The second kappa shape index (κ2) is 6.27. The van der Waals surface area contributed by atoms with Crippen molar-refractivity contribution in [2.45, 2.75) is 23.8 Å².